The van der Waals surface area contributed by atoms with Crippen molar-refractivity contribution >= 4 is 33.0 Å². The molecule has 1 heterocycles. The lowest BCUT2D eigenvalue weighted by atomic mass is 10.1. The highest BCUT2D eigenvalue weighted by Crippen LogP contribution is 2.24. The average Bonchev–Trinajstić information content (AvgIpc) is 3.02. The second-order valence-electron chi connectivity index (χ2n) is 5.51. The van der Waals surface area contributed by atoms with E-state index in [1.54, 1.807) is 13.8 Å². The number of aryl methyl sites for hydroxylation is 2. The van der Waals surface area contributed by atoms with Crippen molar-refractivity contribution < 1.29 is 13.2 Å². The minimum absolute atomic E-state index is 0.168. The number of amides is 1. The molecule has 5 nitrogen and oxygen atoms in total. The zero-order valence-corrected chi connectivity index (χ0v) is 15.9. The van der Waals surface area contributed by atoms with Crippen LogP contribution in [-0.4, -0.2) is 31.7 Å². The Morgan fingerprint density at radius 2 is 1.83 bits per heavy atom. The van der Waals surface area contributed by atoms with Gasteiger partial charge in [0.25, 0.3) is 5.91 Å². The van der Waals surface area contributed by atoms with Crippen LogP contribution in [0.5, 0.6) is 0 Å². The number of anilines is 1. The van der Waals surface area contributed by atoms with Crippen molar-refractivity contribution in [3.05, 3.63) is 45.6 Å². The molecular weight excluding hydrogens is 344 g/mol. The third kappa shape index (κ3) is 3.85. The summed E-state index contributed by atoms with van der Waals surface area (Å²) >= 11 is 1.13. The molecule has 1 amide bonds. The molecule has 0 unspecified atom stereocenters. The van der Waals surface area contributed by atoms with Crippen LogP contribution in [0.3, 0.4) is 0 Å². The fraction of sp³-hybridized carbons (Fsp3) is 0.353. The van der Waals surface area contributed by atoms with Crippen LogP contribution in [0.1, 0.15) is 34.6 Å². The first-order valence-corrected chi connectivity index (χ1v) is 10.1. The SMILES string of the molecule is CCN(CC)S(=O)(=O)c1csc(C(=O)Nc2ccc(C)cc2C)c1. The molecule has 0 bridgehead atoms. The molecule has 0 spiro atoms. The highest BCUT2D eigenvalue weighted by atomic mass is 32.2. The first kappa shape index (κ1) is 18.6. The Morgan fingerprint density at radius 1 is 1.17 bits per heavy atom. The van der Waals surface area contributed by atoms with Gasteiger partial charge < -0.3 is 5.32 Å². The van der Waals surface area contributed by atoms with Crippen LogP contribution in [0, 0.1) is 13.8 Å². The molecular formula is C17H22N2O3S2. The Bertz CT molecular complexity index is 837. The van der Waals surface area contributed by atoms with Gasteiger partial charge in [-0.3, -0.25) is 4.79 Å². The van der Waals surface area contributed by atoms with Crippen LogP contribution in [0.25, 0.3) is 0 Å². The quantitative estimate of drug-likeness (QED) is 0.849. The second-order valence-corrected chi connectivity index (χ2v) is 8.36. The molecule has 0 radical (unpaired) electrons. The number of rotatable bonds is 6. The summed E-state index contributed by atoms with van der Waals surface area (Å²) in [6.07, 6.45) is 0. The Hall–Kier alpha value is -1.70. The van der Waals surface area contributed by atoms with E-state index in [1.165, 1.54) is 15.8 Å². The highest BCUT2D eigenvalue weighted by molar-refractivity contribution is 7.89. The van der Waals surface area contributed by atoms with Crippen molar-refractivity contribution in [2.75, 3.05) is 18.4 Å². The lowest BCUT2D eigenvalue weighted by molar-refractivity contribution is 0.103. The number of carbonyl (C=O) groups excluding carboxylic acids is 1. The standard InChI is InChI=1S/C17H22N2O3S2/c1-5-19(6-2)24(21,22)14-10-16(23-11-14)17(20)18-15-8-7-12(3)9-13(15)4/h7-11H,5-6H2,1-4H3,(H,18,20). The molecule has 0 aliphatic heterocycles. The van der Waals surface area contributed by atoms with E-state index in [0.717, 1.165) is 28.2 Å². The topological polar surface area (TPSA) is 66.5 Å². The van der Waals surface area contributed by atoms with E-state index in [2.05, 4.69) is 5.32 Å². The van der Waals surface area contributed by atoms with Crippen molar-refractivity contribution in [3.8, 4) is 0 Å². The number of sulfonamides is 1. The van der Waals surface area contributed by atoms with Crippen molar-refractivity contribution in [2.45, 2.75) is 32.6 Å². The minimum Gasteiger partial charge on any atom is -0.321 e. The summed E-state index contributed by atoms with van der Waals surface area (Å²) in [5, 5.41) is 4.36. The molecule has 24 heavy (non-hydrogen) atoms. The maximum atomic E-state index is 12.5. The molecule has 0 atom stereocenters. The number of thiophene rings is 1. The van der Waals surface area contributed by atoms with Gasteiger partial charge in [0.2, 0.25) is 10.0 Å². The largest absolute Gasteiger partial charge is 0.321 e. The van der Waals surface area contributed by atoms with Gasteiger partial charge in [-0.1, -0.05) is 31.5 Å². The third-order valence-electron chi connectivity index (χ3n) is 3.77. The fourth-order valence-electron chi connectivity index (χ4n) is 2.42. The normalized spacial score (nSPS) is 11.7. The van der Waals surface area contributed by atoms with Gasteiger partial charge in [0.15, 0.2) is 0 Å². The van der Waals surface area contributed by atoms with Gasteiger partial charge in [0, 0.05) is 24.2 Å². The Balaban J connectivity index is 2.22. The predicted octanol–water partition coefficient (Wildman–Crippen LogP) is 3.65. The lowest BCUT2D eigenvalue weighted by Crippen LogP contribution is -2.30. The lowest BCUT2D eigenvalue weighted by Gasteiger charge is -2.17. The van der Waals surface area contributed by atoms with Gasteiger partial charge in [-0.2, -0.15) is 4.31 Å². The van der Waals surface area contributed by atoms with E-state index in [9.17, 15) is 13.2 Å². The van der Waals surface area contributed by atoms with Crippen LogP contribution < -0.4 is 5.32 Å². The van der Waals surface area contributed by atoms with E-state index in [4.69, 9.17) is 0 Å². The minimum atomic E-state index is -3.54. The van der Waals surface area contributed by atoms with Crippen LogP contribution >= 0.6 is 11.3 Å². The zero-order valence-electron chi connectivity index (χ0n) is 14.3. The van der Waals surface area contributed by atoms with Crippen LogP contribution in [0.4, 0.5) is 5.69 Å². The molecule has 0 saturated heterocycles. The molecule has 1 aromatic heterocycles. The maximum Gasteiger partial charge on any atom is 0.265 e. The van der Waals surface area contributed by atoms with Gasteiger partial charge in [0.05, 0.1) is 9.77 Å². The van der Waals surface area contributed by atoms with Gasteiger partial charge >= 0.3 is 0 Å². The molecule has 2 aromatic rings. The molecule has 0 aliphatic carbocycles. The summed E-state index contributed by atoms with van der Waals surface area (Å²) in [6, 6.07) is 7.20. The van der Waals surface area contributed by atoms with Crippen LogP contribution in [-0.2, 0) is 10.0 Å². The molecule has 0 saturated carbocycles. The Labute approximate surface area is 147 Å². The smallest absolute Gasteiger partial charge is 0.265 e. The Morgan fingerprint density at radius 3 is 2.42 bits per heavy atom. The summed E-state index contributed by atoms with van der Waals surface area (Å²) < 4.78 is 26.3. The van der Waals surface area contributed by atoms with Crippen molar-refractivity contribution in [3.63, 3.8) is 0 Å². The first-order chi connectivity index (χ1) is 11.3. The molecule has 0 aliphatic rings. The maximum absolute atomic E-state index is 12.5. The van der Waals surface area contributed by atoms with E-state index >= 15 is 0 Å². The summed E-state index contributed by atoms with van der Waals surface area (Å²) in [5.41, 5.74) is 2.82. The fourth-order valence-corrected chi connectivity index (χ4v) is 5.04. The number of nitrogens with zero attached hydrogens (tertiary/aromatic N) is 1. The predicted molar refractivity (Wildman–Crippen MR) is 98.3 cm³/mol. The number of benzene rings is 1. The van der Waals surface area contributed by atoms with Gasteiger partial charge in [-0.25, -0.2) is 8.42 Å². The molecule has 130 valence electrons. The summed E-state index contributed by atoms with van der Waals surface area (Å²) in [4.78, 5) is 12.9. The monoisotopic (exact) mass is 366 g/mol. The van der Waals surface area contributed by atoms with Gasteiger partial charge in [0.1, 0.15) is 0 Å². The Kier molecular flexibility index (Phi) is 5.79. The molecule has 7 heteroatoms. The summed E-state index contributed by atoms with van der Waals surface area (Å²) in [6.45, 7) is 8.30. The van der Waals surface area contributed by atoms with Crippen molar-refractivity contribution in [1.29, 1.82) is 0 Å². The third-order valence-corrected chi connectivity index (χ3v) is 6.88. The first-order valence-electron chi connectivity index (χ1n) is 7.76. The van der Waals surface area contributed by atoms with Gasteiger partial charge in [-0.15, -0.1) is 11.3 Å². The van der Waals surface area contributed by atoms with Crippen LogP contribution in [0.15, 0.2) is 34.5 Å². The molecule has 1 N–H and O–H groups in total. The van der Waals surface area contributed by atoms with E-state index in [1.807, 2.05) is 32.0 Å². The van der Waals surface area contributed by atoms with Crippen LogP contribution in [0.2, 0.25) is 0 Å². The number of hydrogen-bond acceptors (Lipinski definition) is 4. The number of nitrogens with one attached hydrogen (secondary N) is 1. The van der Waals surface area contributed by atoms with E-state index < -0.39 is 10.0 Å². The van der Waals surface area contributed by atoms with E-state index in [-0.39, 0.29) is 10.8 Å². The summed E-state index contributed by atoms with van der Waals surface area (Å²) in [7, 11) is -3.54. The number of hydrogen-bond donors (Lipinski definition) is 1. The van der Waals surface area contributed by atoms with Crippen molar-refractivity contribution in [1.82, 2.24) is 4.31 Å². The second kappa shape index (κ2) is 7.46. The molecule has 1 aromatic carbocycles. The zero-order chi connectivity index (χ0) is 17.9. The van der Waals surface area contributed by atoms with E-state index in [0.29, 0.717) is 18.0 Å². The summed E-state index contributed by atoms with van der Waals surface area (Å²) in [5.74, 6) is -0.298. The van der Waals surface area contributed by atoms with Gasteiger partial charge in [-0.05, 0) is 31.5 Å². The highest BCUT2D eigenvalue weighted by Gasteiger charge is 2.24. The number of carbonyl (C=O) groups is 1. The molecule has 0 fully saturated rings. The average molecular weight is 367 g/mol. The molecule has 2 rings (SSSR count). The van der Waals surface area contributed by atoms with Crippen molar-refractivity contribution in [2.24, 2.45) is 0 Å².